The van der Waals surface area contributed by atoms with Gasteiger partial charge in [0.25, 0.3) is 0 Å². The molecule has 0 bridgehead atoms. The number of anilines is 1. The Hall–Kier alpha value is -3.44. The lowest BCUT2D eigenvalue weighted by Gasteiger charge is -2.37. The van der Waals surface area contributed by atoms with Gasteiger partial charge >= 0.3 is 5.97 Å². The van der Waals surface area contributed by atoms with Crippen molar-refractivity contribution in [2.45, 2.75) is 13.0 Å². The topological polar surface area (TPSA) is 74.6 Å². The van der Waals surface area contributed by atoms with Crippen LogP contribution in [0, 0.1) is 17.1 Å². The van der Waals surface area contributed by atoms with Gasteiger partial charge in [0.1, 0.15) is 17.6 Å². The van der Waals surface area contributed by atoms with Crippen LogP contribution < -0.4 is 15.0 Å². The fourth-order valence-corrected chi connectivity index (χ4v) is 3.50. The molecule has 148 valence electrons. The third-order valence-electron chi connectivity index (χ3n) is 4.49. The van der Waals surface area contributed by atoms with Gasteiger partial charge in [-0.2, -0.15) is 5.26 Å². The van der Waals surface area contributed by atoms with E-state index < -0.39 is 12.0 Å². The van der Waals surface area contributed by atoms with Crippen LogP contribution in [-0.4, -0.2) is 24.8 Å². The van der Waals surface area contributed by atoms with Crippen molar-refractivity contribution in [2.75, 3.05) is 18.6 Å². The van der Waals surface area contributed by atoms with E-state index in [-0.39, 0.29) is 12.4 Å². The van der Waals surface area contributed by atoms with Gasteiger partial charge in [0, 0.05) is 11.4 Å². The van der Waals surface area contributed by atoms with Gasteiger partial charge in [0.15, 0.2) is 11.7 Å². The number of esters is 1. The summed E-state index contributed by atoms with van der Waals surface area (Å²) in [7, 11) is 1.31. The molecular formula is C21H18FN3O3S. The Morgan fingerprint density at radius 2 is 1.90 bits per heavy atom. The Morgan fingerprint density at radius 3 is 2.48 bits per heavy atom. The number of carbonyl (C=O) groups is 1. The zero-order valence-electron chi connectivity index (χ0n) is 15.8. The largest absolute Gasteiger partial charge is 0.479 e. The van der Waals surface area contributed by atoms with Gasteiger partial charge in [0.2, 0.25) is 0 Å². The molecule has 1 heterocycles. The van der Waals surface area contributed by atoms with E-state index in [2.05, 4.69) is 5.32 Å². The van der Waals surface area contributed by atoms with Gasteiger partial charge in [-0.05, 0) is 61.1 Å². The van der Waals surface area contributed by atoms with E-state index in [1.54, 1.807) is 48.2 Å². The number of carbonyl (C=O) groups excluding carboxylic acids is 1. The number of methoxy groups -OCH3 is 1. The second-order valence-electron chi connectivity index (χ2n) is 6.20. The molecule has 2 aromatic rings. The number of benzene rings is 2. The normalized spacial score (nSPS) is 16.1. The molecule has 0 saturated heterocycles. The lowest BCUT2D eigenvalue weighted by Crippen LogP contribution is -2.48. The fourth-order valence-electron chi connectivity index (χ4n) is 3.14. The Morgan fingerprint density at radius 1 is 1.24 bits per heavy atom. The molecule has 0 fully saturated rings. The van der Waals surface area contributed by atoms with E-state index in [4.69, 9.17) is 27.0 Å². The minimum absolute atomic E-state index is 0.0514. The molecule has 0 spiro atoms. The minimum atomic E-state index is -0.531. The van der Waals surface area contributed by atoms with Crippen LogP contribution in [0.25, 0.3) is 0 Å². The highest BCUT2D eigenvalue weighted by atomic mass is 32.1. The van der Waals surface area contributed by atoms with Crippen LogP contribution in [0.1, 0.15) is 18.5 Å². The van der Waals surface area contributed by atoms with Crippen molar-refractivity contribution in [1.82, 2.24) is 5.32 Å². The SMILES string of the molecule is COC(=O)C1=C(C)N(c2ccc(F)cc2)C(=S)N[C@@H]1c1ccc(OCC#N)cc1. The van der Waals surface area contributed by atoms with Crippen molar-refractivity contribution >= 4 is 29.0 Å². The molecular weight excluding hydrogens is 393 g/mol. The molecule has 0 saturated carbocycles. The summed E-state index contributed by atoms with van der Waals surface area (Å²) in [6, 6.07) is 14.2. The lowest BCUT2D eigenvalue weighted by atomic mass is 9.94. The smallest absolute Gasteiger partial charge is 0.337 e. The monoisotopic (exact) mass is 411 g/mol. The van der Waals surface area contributed by atoms with E-state index in [0.29, 0.717) is 27.8 Å². The van der Waals surface area contributed by atoms with Crippen LogP contribution in [-0.2, 0) is 9.53 Å². The second-order valence-corrected chi connectivity index (χ2v) is 6.59. The zero-order chi connectivity index (χ0) is 21.0. The van der Waals surface area contributed by atoms with E-state index in [1.165, 1.54) is 19.2 Å². The number of thiocarbonyl (C=S) groups is 1. The Kier molecular flexibility index (Phi) is 6.10. The predicted octanol–water partition coefficient (Wildman–Crippen LogP) is 3.61. The van der Waals surface area contributed by atoms with Gasteiger partial charge in [0.05, 0.1) is 18.7 Å². The summed E-state index contributed by atoms with van der Waals surface area (Å²) in [4.78, 5) is 14.3. The van der Waals surface area contributed by atoms with Crippen molar-refractivity contribution in [2.24, 2.45) is 0 Å². The van der Waals surface area contributed by atoms with Gasteiger partial charge in [-0.1, -0.05) is 12.1 Å². The average Bonchev–Trinajstić information content (AvgIpc) is 2.73. The molecule has 1 atom stereocenters. The number of nitriles is 1. The quantitative estimate of drug-likeness (QED) is 0.595. The van der Waals surface area contributed by atoms with E-state index in [9.17, 15) is 9.18 Å². The maximum atomic E-state index is 13.3. The predicted molar refractivity (Wildman–Crippen MR) is 110 cm³/mol. The van der Waals surface area contributed by atoms with Crippen LogP contribution in [0.4, 0.5) is 10.1 Å². The highest BCUT2D eigenvalue weighted by molar-refractivity contribution is 7.80. The average molecular weight is 411 g/mol. The standard InChI is InChI=1S/C21H18FN3O3S/c1-13-18(20(26)27-2)19(14-3-9-17(10-4-14)28-12-11-23)24-21(29)25(13)16-7-5-15(22)6-8-16/h3-10,19H,12H2,1-2H3,(H,24,29)/t19-/m1/s1. The highest BCUT2D eigenvalue weighted by Gasteiger charge is 2.35. The zero-order valence-corrected chi connectivity index (χ0v) is 16.6. The van der Waals surface area contributed by atoms with Crippen LogP contribution in [0.2, 0.25) is 0 Å². The van der Waals surface area contributed by atoms with Crippen molar-refractivity contribution < 1.29 is 18.7 Å². The van der Waals surface area contributed by atoms with E-state index in [1.807, 2.05) is 6.07 Å². The van der Waals surface area contributed by atoms with Crippen LogP contribution in [0.5, 0.6) is 5.75 Å². The molecule has 0 aliphatic carbocycles. The van der Waals surface area contributed by atoms with Crippen LogP contribution >= 0.6 is 12.2 Å². The first-order valence-corrected chi connectivity index (χ1v) is 9.12. The number of nitrogens with one attached hydrogen (secondary N) is 1. The Labute approximate surface area is 173 Å². The highest BCUT2D eigenvalue weighted by Crippen LogP contribution is 2.34. The second kappa shape index (κ2) is 8.71. The summed E-state index contributed by atoms with van der Waals surface area (Å²) < 4.78 is 23.6. The molecule has 3 rings (SSSR count). The third-order valence-corrected chi connectivity index (χ3v) is 4.79. The summed E-state index contributed by atoms with van der Waals surface area (Å²) in [5.74, 6) is -0.322. The number of hydrogen-bond donors (Lipinski definition) is 1. The first-order valence-electron chi connectivity index (χ1n) is 8.71. The molecule has 0 aromatic heterocycles. The van der Waals surface area contributed by atoms with Crippen LogP contribution in [0.15, 0.2) is 59.8 Å². The number of halogens is 1. The number of nitrogens with zero attached hydrogens (tertiary/aromatic N) is 2. The minimum Gasteiger partial charge on any atom is -0.479 e. The third kappa shape index (κ3) is 4.20. The van der Waals surface area contributed by atoms with E-state index in [0.717, 1.165) is 5.56 Å². The summed E-state index contributed by atoms with van der Waals surface area (Å²) in [6.45, 7) is 1.71. The molecule has 0 unspecified atom stereocenters. The van der Waals surface area contributed by atoms with Crippen molar-refractivity contribution in [3.63, 3.8) is 0 Å². The van der Waals surface area contributed by atoms with Crippen molar-refractivity contribution in [3.05, 3.63) is 71.2 Å². The molecule has 1 N–H and O–H groups in total. The molecule has 0 radical (unpaired) electrons. The van der Waals surface area contributed by atoms with Crippen molar-refractivity contribution in [3.8, 4) is 11.8 Å². The first kappa shape index (κ1) is 20.3. The Balaban J connectivity index is 2.02. The molecule has 1 aliphatic heterocycles. The number of hydrogen-bond acceptors (Lipinski definition) is 5. The Bertz CT molecular complexity index is 997. The van der Waals surface area contributed by atoms with Gasteiger partial charge in [-0.15, -0.1) is 0 Å². The van der Waals surface area contributed by atoms with Gasteiger partial charge in [-0.25, -0.2) is 9.18 Å². The van der Waals surface area contributed by atoms with E-state index >= 15 is 0 Å². The maximum Gasteiger partial charge on any atom is 0.337 e. The summed E-state index contributed by atoms with van der Waals surface area (Å²) in [6.07, 6.45) is 0. The molecule has 1 aliphatic rings. The lowest BCUT2D eigenvalue weighted by molar-refractivity contribution is -0.136. The number of allylic oxidation sites excluding steroid dienone is 1. The molecule has 6 nitrogen and oxygen atoms in total. The molecule has 0 amide bonds. The van der Waals surface area contributed by atoms with Crippen molar-refractivity contribution in [1.29, 1.82) is 5.26 Å². The maximum absolute atomic E-state index is 13.3. The molecule has 29 heavy (non-hydrogen) atoms. The fraction of sp³-hybridized carbons (Fsp3) is 0.190. The summed E-state index contributed by atoms with van der Waals surface area (Å²) in [5, 5.41) is 12.2. The number of rotatable bonds is 5. The molecule has 8 heteroatoms. The first-order chi connectivity index (χ1) is 14.0. The van der Waals surface area contributed by atoms with Gasteiger partial charge in [-0.3, -0.25) is 4.90 Å². The summed E-state index contributed by atoms with van der Waals surface area (Å²) >= 11 is 5.53. The van der Waals surface area contributed by atoms with Crippen LogP contribution in [0.3, 0.4) is 0 Å². The summed E-state index contributed by atoms with van der Waals surface area (Å²) in [5.41, 5.74) is 2.37. The number of ether oxygens (including phenoxy) is 2. The van der Waals surface area contributed by atoms with Gasteiger partial charge < -0.3 is 14.8 Å². The molecule has 2 aromatic carbocycles.